The summed E-state index contributed by atoms with van der Waals surface area (Å²) in [6.45, 7) is 1.45. The molecule has 7 nitrogen and oxygen atoms in total. The smallest absolute Gasteiger partial charge is 0.416 e. The predicted octanol–water partition coefficient (Wildman–Crippen LogP) is 5.03. The fraction of sp³-hybridized carbons (Fsp3) is 0.417. The van der Waals surface area contributed by atoms with Crippen LogP contribution in [0.5, 0.6) is 0 Å². The van der Waals surface area contributed by atoms with E-state index in [1.54, 1.807) is 4.90 Å². The first-order valence-electron chi connectivity index (χ1n) is 11.4. The number of amides is 1. The van der Waals surface area contributed by atoms with E-state index in [2.05, 4.69) is 5.32 Å². The largest absolute Gasteiger partial charge is 0.481 e. The summed E-state index contributed by atoms with van der Waals surface area (Å²) >= 11 is 12.2. The summed E-state index contributed by atoms with van der Waals surface area (Å²) < 4.78 is 66.6. The number of nitrogens with one attached hydrogen (secondary N) is 1. The van der Waals surface area contributed by atoms with Gasteiger partial charge in [-0.05, 0) is 60.8 Å². The molecule has 2 aromatic rings. The van der Waals surface area contributed by atoms with Crippen LogP contribution in [0, 0.1) is 5.92 Å². The van der Waals surface area contributed by atoms with Crippen molar-refractivity contribution >= 4 is 44.9 Å². The number of rotatable bonds is 8. The van der Waals surface area contributed by atoms with Crippen LogP contribution in [0.1, 0.15) is 46.8 Å². The molecule has 1 aliphatic heterocycles. The fourth-order valence-electron chi connectivity index (χ4n) is 4.23. The van der Waals surface area contributed by atoms with Crippen molar-refractivity contribution in [2.24, 2.45) is 5.92 Å². The van der Waals surface area contributed by atoms with Gasteiger partial charge in [0.05, 0.1) is 22.1 Å². The second-order valence-corrected chi connectivity index (χ2v) is 11.8. The minimum Gasteiger partial charge on any atom is -0.481 e. The van der Waals surface area contributed by atoms with Crippen molar-refractivity contribution in [2.45, 2.75) is 43.9 Å². The first-order valence-corrected chi connectivity index (χ1v) is 13.8. The molecule has 202 valence electrons. The zero-order chi connectivity index (χ0) is 27.5. The highest BCUT2D eigenvalue weighted by Crippen LogP contribution is 2.37. The molecular weight excluding hydrogens is 556 g/mol. The van der Waals surface area contributed by atoms with Crippen molar-refractivity contribution in [3.63, 3.8) is 0 Å². The molecule has 0 radical (unpaired) electrons. The molecular formula is C24H25Cl2F3N2O5S. The van der Waals surface area contributed by atoms with Gasteiger partial charge in [0.25, 0.3) is 5.91 Å². The van der Waals surface area contributed by atoms with Crippen LogP contribution in [-0.4, -0.2) is 49.1 Å². The molecule has 0 saturated carbocycles. The van der Waals surface area contributed by atoms with E-state index in [4.69, 9.17) is 23.2 Å². The zero-order valence-corrected chi connectivity index (χ0v) is 22.1. The third-order valence-electron chi connectivity index (χ3n) is 6.18. The van der Waals surface area contributed by atoms with E-state index in [1.807, 2.05) is 0 Å². The molecule has 3 rings (SSSR count). The molecule has 0 unspecified atom stereocenters. The van der Waals surface area contributed by atoms with E-state index in [1.165, 1.54) is 25.1 Å². The minimum absolute atomic E-state index is 0.0368. The average Bonchev–Trinajstić information content (AvgIpc) is 2.82. The summed E-state index contributed by atoms with van der Waals surface area (Å²) in [7, 11) is -3.64. The number of carbonyl (C=O) groups is 2. The van der Waals surface area contributed by atoms with Crippen LogP contribution in [0.25, 0.3) is 0 Å². The normalized spacial score (nSPS) is 17.0. The van der Waals surface area contributed by atoms with Crippen LogP contribution < -0.4 is 5.32 Å². The standard InChI is InChI=1S/C24H25Cl2F3N2O5S/c1-2-37(35,36)21-6-5-17(25)8-16(21)11-30-22(32)15-9-19(24(27,28)29)18(20(26)10-15)13-31-7-3-4-14(12-31)23(33)34/h5-6,8-10,14H,2-4,7,11-13H2,1H3,(H,30,32)(H,33,34)/t14-/m0/s1. The molecule has 37 heavy (non-hydrogen) atoms. The van der Waals surface area contributed by atoms with E-state index in [9.17, 15) is 36.3 Å². The van der Waals surface area contributed by atoms with Gasteiger partial charge in [-0.3, -0.25) is 14.5 Å². The lowest BCUT2D eigenvalue weighted by Crippen LogP contribution is -2.38. The van der Waals surface area contributed by atoms with Gasteiger partial charge in [0.15, 0.2) is 9.84 Å². The topological polar surface area (TPSA) is 104 Å². The van der Waals surface area contributed by atoms with Crippen molar-refractivity contribution in [2.75, 3.05) is 18.8 Å². The number of piperidine rings is 1. The van der Waals surface area contributed by atoms with Gasteiger partial charge in [0.2, 0.25) is 0 Å². The number of carbonyl (C=O) groups excluding carboxylic acids is 1. The molecule has 1 amide bonds. The summed E-state index contributed by atoms with van der Waals surface area (Å²) in [6, 6.07) is 5.87. The zero-order valence-electron chi connectivity index (χ0n) is 19.7. The van der Waals surface area contributed by atoms with Gasteiger partial charge in [-0.2, -0.15) is 13.2 Å². The SMILES string of the molecule is CCS(=O)(=O)c1ccc(Cl)cc1CNC(=O)c1cc(Cl)c(CN2CCC[C@H](C(=O)O)C2)c(C(F)(F)F)c1. The first-order chi connectivity index (χ1) is 17.2. The monoisotopic (exact) mass is 580 g/mol. The van der Waals surface area contributed by atoms with Crippen molar-refractivity contribution in [3.8, 4) is 0 Å². The van der Waals surface area contributed by atoms with Gasteiger partial charge in [0.1, 0.15) is 0 Å². The molecule has 13 heteroatoms. The Morgan fingerprint density at radius 2 is 1.89 bits per heavy atom. The maximum absolute atomic E-state index is 14.0. The number of sulfone groups is 1. The fourth-order valence-corrected chi connectivity index (χ4v) is 5.82. The molecule has 1 fully saturated rings. The van der Waals surface area contributed by atoms with Crippen LogP contribution in [-0.2, 0) is 33.9 Å². The number of nitrogens with zero attached hydrogens (tertiary/aromatic N) is 1. The number of hydrogen-bond acceptors (Lipinski definition) is 5. The number of carboxylic acid groups (broad SMARTS) is 1. The van der Waals surface area contributed by atoms with Crippen LogP contribution in [0.3, 0.4) is 0 Å². The van der Waals surface area contributed by atoms with Gasteiger partial charge in [-0.15, -0.1) is 0 Å². The summed E-state index contributed by atoms with van der Waals surface area (Å²) in [4.78, 5) is 25.7. The third kappa shape index (κ3) is 7.16. The van der Waals surface area contributed by atoms with Crippen LogP contribution in [0.15, 0.2) is 35.2 Å². The lowest BCUT2D eigenvalue weighted by molar-refractivity contribution is -0.144. The van der Waals surface area contributed by atoms with Gasteiger partial charge in [0, 0.05) is 35.2 Å². The Hall–Kier alpha value is -2.34. The Morgan fingerprint density at radius 1 is 1.19 bits per heavy atom. The summed E-state index contributed by atoms with van der Waals surface area (Å²) in [5.41, 5.74) is -1.51. The van der Waals surface area contributed by atoms with E-state index in [0.717, 1.165) is 6.07 Å². The van der Waals surface area contributed by atoms with Gasteiger partial charge in [-0.25, -0.2) is 8.42 Å². The number of likely N-dealkylation sites (tertiary alicyclic amines) is 1. The molecule has 2 aromatic carbocycles. The second kappa shape index (κ2) is 11.6. The van der Waals surface area contributed by atoms with E-state index in [0.29, 0.717) is 25.5 Å². The number of alkyl halides is 3. The molecule has 1 saturated heterocycles. The summed E-state index contributed by atoms with van der Waals surface area (Å²) in [5, 5.41) is 11.7. The lowest BCUT2D eigenvalue weighted by atomic mass is 9.96. The molecule has 0 spiro atoms. The second-order valence-electron chi connectivity index (χ2n) is 8.73. The van der Waals surface area contributed by atoms with E-state index < -0.39 is 39.4 Å². The van der Waals surface area contributed by atoms with Crippen molar-refractivity contribution in [1.29, 1.82) is 0 Å². The molecule has 1 atom stereocenters. The minimum atomic E-state index is -4.83. The quantitative estimate of drug-likeness (QED) is 0.453. The Balaban J connectivity index is 1.87. The van der Waals surface area contributed by atoms with E-state index in [-0.39, 0.29) is 57.0 Å². The lowest BCUT2D eigenvalue weighted by Gasteiger charge is -2.31. The number of aliphatic carboxylic acids is 1. The van der Waals surface area contributed by atoms with Crippen LogP contribution in [0.4, 0.5) is 13.2 Å². The predicted molar refractivity (Wildman–Crippen MR) is 132 cm³/mol. The number of carboxylic acids is 1. The Morgan fingerprint density at radius 3 is 2.51 bits per heavy atom. The number of halogens is 5. The van der Waals surface area contributed by atoms with Gasteiger partial charge in [-0.1, -0.05) is 30.1 Å². The molecule has 2 N–H and O–H groups in total. The summed E-state index contributed by atoms with van der Waals surface area (Å²) in [6.07, 6.45) is -3.86. The highest BCUT2D eigenvalue weighted by Gasteiger charge is 2.36. The maximum atomic E-state index is 14.0. The van der Waals surface area contributed by atoms with Crippen LogP contribution in [0.2, 0.25) is 10.0 Å². The molecule has 0 aromatic heterocycles. The highest BCUT2D eigenvalue weighted by atomic mass is 35.5. The van der Waals surface area contributed by atoms with Gasteiger partial charge >= 0.3 is 12.1 Å². The highest BCUT2D eigenvalue weighted by molar-refractivity contribution is 7.91. The summed E-state index contributed by atoms with van der Waals surface area (Å²) in [5.74, 6) is -2.76. The van der Waals surface area contributed by atoms with Crippen molar-refractivity contribution in [3.05, 3.63) is 62.6 Å². The Labute approximate surface area is 222 Å². The van der Waals surface area contributed by atoms with E-state index >= 15 is 0 Å². The maximum Gasteiger partial charge on any atom is 0.416 e. The van der Waals surface area contributed by atoms with Gasteiger partial charge < -0.3 is 10.4 Å². The first kappa shape index (κ1) is 29.2. The van der Waals surface area contributed by atoms with Crippen LogP contribution >= 0.6 is 23.2 Å². The third-order valence-corrected chi connectivity index (χ3v) is 8.58. The number of hydrogen-bond donors (Lipinski definition) is 2. The van der Waals surface area contributed by atoms with Crippen molar-refractivity contribution in [1.82, 2.24) is 10.2 Å². The molecule has 0 bridgehead atoms. The Kier molecular flexibility index (Phi) is 9.15. The Bertz CT molecular complexity index is 1300. The molecule has 1 aliphatic rings. The number of benzene rings is 2. The molecule has 1 heterocycles. The average molecular weight is 581 g/mol. The van der Waals surface area contributed by atoms with Crippen molar-refractivity contribution < 1.29 is 36.3 Å². The molecule has 0 aliphatic carbocycles.